The number of amides is 1. The van der Waals surface area contributed by atoms with Crippen molar-refractivity contribution in [2.45, 2.75) is 32.0 Å². The summed E-state index contributed by atoms with van der Waals surface area (Å²) >= 11 is 13.4. The highest BCUT2D eigenvalue weighted by Gasteiger charge is 2.35. The minimum atomic E-state index is -0.436. The number of ether oxygens (including phenoxy) is 3. The van der Waals surface area contributed by atoms with Gasteiger partial charge >= 0.3 is 0 Å². The van der Waals surface area contributed by atoms with Gasteiger partial charge in [-0.15, -0.1) is 0 Å². The van der Waals surface area contributed by atoms with Gasteiger partial charge in [0.25, 0.3) is 11.5 Å². The second-order valence-corrected chi connectivity index (χ2v) is 13.1. The predicted molar refractivity (Wildman–Crippen MR) is 185 cm³/mol. The maximum atomic E-state index is 14.1. The van der Waals surface area contributed by atoms with E-state index in [9.17, 15) is 14.9 Å². The Hall–Kier alpha value is -3.93. The van der Waals surface area contributed by atoms with Gasteiger partial charge in [-0.2, -0.15) is 10.2 Å². The van der Waals surface area contributed by atoms with Crippen LogP contribution in [0.4, 0.5) is 5.95 Å². The van der Waals surface area contributed by atoms with E-state index in [4.69, 9.17) is 37.4 Å². The number of carbonyl (C=O) groups is 1. The summed E-state index contributed by atoms with van der Waals surface area (Å²) in [4.78, 5) is 42.3. The summed E-state index contributed by atoms with van der Waals surface area (Å²) in [7, 11) is 6.70. The molecule has 2 fully saturated rings. The van der Waals surface area contributed by atoms with Crippen LogP contribution in [0, 0.1) is 11.3 Å². The Bertz CT molecular complexity index is 1800. The van der Waals surface area contributed by atoms with Crippen molar-refractivity contribution >= 4 is 46.1 Å². The smallest absolute Gasteiger partial charge is 0.264 e. The fourth-order valence-corrected chi connectivity index (χ4v) is 6.65. The number of methoxy groups -OCH3 is 2. The summed E-state index contributed by atoms with van der Waals surface area (Å²) in [5.74, 6) is 0.623. The first-order chi connectivity index (χ1) is 22.9. The van der Waals surface area contributed by atoms with Crippen molar-refractivity contribution in [1.29, 1.82) is 5.26 Å². The van der Waals surface area contributed by atoms with Crippen LogP contribution in [-0.4, -0.2) is 121 Å². The van der Waals surface area contributed by atoms with Crippen molar-refractivity contribution < 1.29 is 19.0 Å². The topological polar surface area (TPSA) is 138 Å². The third kappa shape index (κ3) is 7.09. The second-order valence-electron chi connectivity index (χ2n) is 12.3. The van der Waals surface area contributed by atoms with Gasteiger partial charge in [0.2, 0.25) is 5.95 Å². The molecular formula is C33H40Cl2N8O5. The maximum absolute atomic E-state index is 14.1. The van der Waals surface area contributed by atoms with E-state index in [0.29, 0.717) is 41.6 Å². The van der Waals surface area contributed by atoms with Crippen LogP contribution >= 0.6 is 23.2 Å². The highest BCUT2D eigenvalue weighted by molar-refractivity contribution is 6.41. The average molecular weight is 700 g/mol. The van der Waals surface area contributed by atoms with Gasteiger partial charge < -0.3 is 29.3 Å². The van der Waals surface area contributed by atoms with Crippen LogP contribution in [0.25, 0.3) is 22.2 Å². The number of carbonyl (C=O) groups excluding carboxylic acids is 1. The number of aromatic nitrogens is 3. The zero-order valence-corrected chi connectivity index (χ0v) is 29.5. The molecule has 1 N–H and O–H groups in total. The van der Waals surface area contributed by atoms with Crippen molar-refractivity contribution in [2.75, 3.05) is 79.5 Å². The highest BCUT2D eigenvalue weighted by Crippen LogP contribution is 2.45. The third-order valence-corrected chi connectivity index (χ3v) is 9.61. The van der Waals surface area contributed by atoms with Crippen LogP contribution in [-0.2, 0) is 16.1 Å². The molecule has 3 aromatic rings. The molecule has 15 heteroatoms. The van der Waals surface area contributed by atoms with Gasteiger partial charge in [0.05, 0.1) is 49.1 Å². The first-order valence-corrected chi connectivity index (χ1v) is 16.3. The van der Waals surface area contributed by atoms with Crippen LogP contribution in [0.1, 0.15) is 13.8 Å². The minimum Gasteiger partial charge on any atom is -0.495 e. The lowest BCUT2D eigenvalue weighted by Crippen LogP contribution is -2.56. The monoisotopic (exact) mass is 698 g/mol. The molecule has 2 aliphatic heterocycles. The van der Waals surface area contributed by atoms with Gasteiger partial charge in [-0.05, 0) is 33.0 Å². The van der Waals surface area contributed by atoms with Crippen LogP contribution in [0.3, 0.4) is 0 Å². The number of rotatable bonds is 11. The molecular weight excluding hydrogens is 659 g/mol. The Kier molecular flexibility index (Phi) is 10.8. The summed E-state index contributed by atoms with van der Waals surface area (Å²) in [5.41, 5.74) is 0.160. The van der Waals surface area contributed by atoms with Crippen molar-refractivity contribution in [2.24, 2.45) is 0 Å². The number of nitrogens with zero attached hydrogens (tertiary/aromatic N) is 7. The van der Waals surface area contributed by atoms with E-state index in [1.165, 1.54) is 18.8 Å². The van der Waals surface area contributed by atoms with Gasteiger partial charge in [0.15, 0.2) is 0 Å². The number of nitrogens with one attached hydrogen (secondary N) is 1. The Balaban J connectivity index is 1.32. The normalized spacial score (nSPS) is 16.5. The van der Waals surface area contributed by atoms with Gasteiger partial charge in [0.1, 0.15) is 28.8 Å². The molecule has 0 aliphatic carbocycles. The first-order valence-electron chi connectivity index (χ1n) is 15.6. The lowest BCUT2D eigenvalue weighted by molar-refractivity contribution is -0.140. The van der Waals surface area contributed by atoms with E-state index in [-0.39, 0.29) is 51.9 Å². The molecule has 13 nitrogen and oxygen atoms in total. The third-order valence-electron chi connectivity index (χ3n) is 8.86. The van der Waals surface area contributed by atoms with Crippen molar-refractivity contribution in [3.05, 3.63) is 50.4 Å². The van der Waals surface area contributed by atoms with Crippen LogP contribution in [0.2, 0.25) is 10.0 Å². The van der Waals surface area contributed by atoms with E-state index in [2.05, 4.69) is 38.2 Å². The maximum Gasteiger partial charge on any atom is 0.264 e. The molecule has 48 heavy (non-hydrogen) atoms. The van der Waals surface area contributed by atoms with Crippen LogP contribution in [0.5, 0.6) is 11.5 Å². The molecule has 2 aliphatic rings. The summed E-state index contributed by atoms with van der Waals surface area (Å²) < 4.78 is 18.4. The standard InChI is InChI=1S/C33H40Cl2N8O5/c1-33(2,42-9-7-40(4)8-10-42)15-21(16-36)30(44)41-18-22(19-41)48-12-11-43-29-20(17-38-32(37-3)39-29)13-23(31(43)45)26-27(34)24(46-5)14-25(47-6)28(26)35/h13-15,17,22H,7-12,18-19H2,1-6H3,(H,37,38,39). The summed E-state index contributed by atoms with van der Waals surface area (Å²) in [5, 5.41) is 13.6. The Morgan fingerprint density at radius 1 is 1.12 bits per heavy atom. The highest BCUT2D eigenvalue weighted by atomic mass is 35.5. The van der Waals surface area contributed by atoms with Gasteiger partial charge in [-0.25, -0.2) is 4.98 Å². The van der Waals surface area contributed by atoms with E-state index in [1.807, 2.05) is 13.8 Å². The Morgan fingerprint density at radius 3 is 2.35 bits per heavy atom. The number of pyridine rings is 1. The Labute approximate surface area is 289 Å². The van der Waals surface area contributed by atoms with E-state index in [1.54, 1.807) is 36.4 Å². The molecule has 0 unspecified atom stereocenters. The number of anilines is 1. The number of halogens is 2. The molecule has 256 valence electrons. The van der Waals surface area contributed by atoms with Gasteiger partial charge in [-0.3, -0.25) is 19.1 Å². The van der Waals surface area contributed by atoms with E-state index < -0.39 is 11.1 Å². The lowest BCUT2D eigenvalue weighted by atomic mass is 9.97. The number of nitriles is 1. The molecule has 0 atom stereocenters. The van der Waals surface area contributed by atoms with Gasteiger partial charge in [-0.1, -0.05) is 23.2 Å². The molecule has 0 saturated carbocycles. The number of likely N-dealkylation sites (tertiary alicyclic amines) is 1. The zero-order valence-electron chi connectivity index (χ0n) is 28.0. The molecule has 2 saturated heterocycles. The fraction of sp³-hybridized carbons (Fsp3) is 0.485. The number of benzene rings is 1. The van der Waals surface area contributed by atoms with Crippen LogP contribution in [0.15, 0.2) is 34.8 Å². The fourth-order valence-electron chi connectivity index (χ4n) is 5.95. The number of hydrogen-bond donors (Lipinski definition) is 1. The number of likely N-dealkylation sites (N-methyl/N-ethyl adjacent to an activating group) is 1. The molecule has 2 aromatic heterocycles. The van der Waals surface area contributed by atoms with Crippen molar-refractivity contribution in [3.63, 3.8) is 0 Å². The van der Waals surface area contributed by atoms with Crippen LogP contribution < -0.4 is 20.3 Å². The number of piperazine rings is 1. The molecule has 0 spiro atoms. The second kappa shape index (κ2) is 14.7. The summed E-state index contributed by atoms with van der Waals surface area (Å²) in [6, 6.07) is 5.31. The molecule has 1 amide bonds. The molecule has 0 radical (unpaired) electrons. The molecule has 5 rings (SSSR count). The predicted octanol–water partition coefficient (Wildman–Crippen LogP) is 3.53. The SMILES string of the molecule is CNc1ncc2cc(-c3c(Cl)c(OC)cc(OC)c3Cl)c(=O)n(CCOC3CN(C(=O)C(C#N)=CC(C)(C)N4CCN(C)CC4)C3)c2n1. The minimum absolute atomic E-state index is 0.124. The van der Waals surface area contributed by atoms with Crippen molar-refractivity contribution in [3.8, 4) is 28.7 Å². The zero-order chi connectivity index (χ0) is 34.7. The average Bonchev–Trinajstić information content (AvgIpc) is 3.05. The number of hydrogen-bond acceptors (Lipinski definition) is 11. The molecule has 0 bridgehead atoms. The molecule has 4 heterocycles. The quantitative estimate of drug-likeness (QED) is 0.233. The lowest BCUT2D eigenvalue weighted by Gasteiger charge is -2.42. The summed E-state index contributed by atoms with van der Waals surface area (Å²) in [6.07, 6.45) is 3.13. The number of fused-ring (bicyclic) bond motifs is 1. The van der Waals surface area contributed by atoms with Gasteiger partial charge in [0, 0.05) is 75.1 Å². The molecule has 1 aromatic carbocycles. The van der Waals surface area contributed by atoms with E-state index >= 15 is 0 Å². The first kappa shape index (κ1) is 35.4. The Morgan fingerprint density at radius 2 is 1.77 bits per heavy atom. The summed E-state index contributed by atoms with van der Waals surface area (Å²) in [6.45, 7) is 8.64. The van der Waals surface area contributed by atoms with Crippen molar-refractivity contribution in [1.82, 2.24) is 29.2 Å². The largest absolute Gasteiger partial charge is 0.495 e. The van der Waals surface area contributed by atoms with E-state index in [0.717, 1.165) is 26.2 Å².